The minimum Gasteiger partial charge on any atom is -1.00 e. The topological polar surface area (TPSA) is 59.5 Å². The molecule has 3 aromatic rings. The highest BCUT2D eigenvalue weighted by Gasteiger charge is 2.28. The summed E-state index contributed by atoms with van der Waals surface area (Å²) in [5.41, 5.74) is 19.4. The van der Waals surface area contributed by atoms with Crippen LogP contribution in [0.3, 0.4) is 0 Å². The Morgan fingerprint density at radius 2 is 1.02 bits per heavy atom. The molecular weight excluding hydrogens is 660 g/mol. The molecule has 2 aliphatic rings. The Bertz CT molecular complexity index is 1550. The molecule has 0 saturated heterocycles. The van der Waals surface area contributed by atoms with Gasteiger partial charge in [-0.3, -0.25) is 0 Å². The highest BCUT2D eigenvalue weighted by atomic mass is 79.9. The van der Waals surface area contributed by atoms with Gasteiger partial charge in [0.1, 0.15) is 0 Å². The van der Waals surface area contributed by atoms with Crippen LogP contribution in [0, 0.1) is 27.7 Å². The van der Waals surface area contributed by atoms with Crippen LogP contribution < -0.4 is 43.9 Å². The Kier molecular flexibility index (Phi) is 11.8. The van der Waals surface area contributed by atoms with Gasteiger partial charge < -0.3 is 43.9 Å². The predicted molar refractivity (Wildman–Crippen MR) is 173 cm³/mol. The monoisotopic (exact) mass is 704 g/mol. The fourth-order valence-corrected chi connectivity index (χ4v) is 6.50. The fraction of sp³-hybridized carbons (Fsp3) is 0.351. The number of benzene rings is 1. The van der Waals surface area contributed by atoms with E-state index in [-0.39, 0.29) is 39.9 Å². The number of H-pyrrole nitrogens is 2. The summed E-state index contributed by atoms with van der Waals surface area (Å²) >= 11 is 0. The van der Waals surface area contributed by atoms with Gasteiger partial charge in [0.05, 0.1) is 5.92 Å². The first-order valence-corrected chi connectivity index (χ1v) is 15.3. The summed E-state index contributed by atoms with van der Waals surface area (Å²) in [5.74, 6) is 0.0684. The van der Waals surface area contributed by atoms with Crippen LogP contribution >= 0.6 is 0 Å². The zero-order valence-electron chi connectivity index (χ0n) is 26.9. The Morgan fingerprint density at radius 3 is 1.40 bits per heavy atom. The number of rotatable bonds is 9. The van der Waals surface area contributed by atoms with E-state index in [1.54, 1.807) is 0 Å². The standard InChI is InChI=1S/C37H44N4.2BrH/c1-9-26-20-38-33(29(26)11-3)18-31-22(5)24(7)36(40-31)35(28-16-14-13-15-17-28)37-25(8)23(6)32(41-37)19-34-30(12-4)27(10-2)21-39-34;;/h13-21,35,40-41H,9-12H2,1-8H3;2*1H/b33-18-,34-19-;;. The van der Waals surface area contributed by atoms with Crippen molar-refractivity contribution in [3.8, 4) is 0 Å². The van der Waals surface area contributed by atoms with Crippen molar-refractivity contribution < 1.29 is 43.9 Å². The SMILES string of the molecule is CCC1=C(CC)/C(=C/c2[nH]c(C(c3ccccc3)c3[nH]c(/C=C4\[NH+]=CC(CC)=C4CC)c(C)c3C)c(C)c2C)[NH+]=C1.[Br-].[Br-]. The number of allylic oxidation sites excluding steroid dienone is 4. The molecule has 0 atom stereocenters. The molecular formula is C37H46Br2N4. The summed E-state index contributed by atoms with van der Waals surface area (Å²) in [4.78, 5) is 14.9. The summed E-state index contributed by atoms with van der Waals surface area (Å²) in [6.07, 6.45) is 13.1. The zero-order chi connectivity index (χ0) is 29.3. The predicted octanol–water partition coefficient (Wildman–Crippen LogP) is 0.00968. The molecule has 2 aromatic heterocycles. The molecule has 0 unspecified atom stereocenters. The molecule has 0 spiro atoms. The van der Waals surface area contributed by atoms with Crippen molar-refractivity contribution in [1.29, 1.82) is 0 Å². The second-order valence-corrected chi connectivity index (χ2v) is 11.4. The van der Waals surface area contributed by atoms with E-state index in [1.807, 2.05) is 0 Å². The normalized spacial score (nSPS) is 16.9. The first-order valence-electron chi connectivity index (χ1n) is 15.3. The van der Waals surface area contributed by atoms with Crippen molar-refractivity contribution in [2.75, 3.05) is 0 Å². The minimum atomic E-state index is 0. The van der Waals surface area contributed by atoms with Crippen molar-refractivity contribution in [1.82, 2.24) is 9.97 Å². The maximum atomic E-state index is 3.90. The van der Waals surface area contributed by atoms with Crippen LogP contribution in [-0.2, 0) is 0 Å². The molecule has 2 aliphatic heterocycles. The van der Waals surface area contributed by atoms with E-state index in [1.165, 1.54) is 84.3 Å². The molecule has 0 fully saturated rings. The average Bonchev–Trinajstić information content (AvgIpc) is 3.72. The minimum absolute atomic E-state index is 0. The smallest absolute Gasteiger partial charge is 0.209 e. The van der Waals surface area contributed by atoms with E-state index in [0.29, 0.717) is 0 Å². The van der Waals surface area contributed by atoms with Gasteiger partial charge in [-0.25, -0.2) is 9.98 Å². The van der Waals surface area contributed by atoms with Crippen LogP contribution in [0.2, 0.25) is 0 Å². The lowest BCUT2D eigenvalue weighted by Gasteiger charge is -2.18. The molecule has 43 heavy (non-hydrogen) atoms. The molecule has 0 amide bonds. The summed E-state index contributed by atoms with van der Waals surface area (Å²) in [5, 5.41) is 0. The van der Waals surface area contributed by atoms with Gasteiger partial charge in [-0.2, -0.15) is 0 Å². The van der Waals surface area contributed by atoms with E-state index in [0.717, 1.165) is 25.7 Å². The molecule has 1 aromatic carbocycles. The Labute approximate surface area is 278 Å². The van der Waals surface area contributed by atoms with Crippen LogP contribution in [-0.4, -0.2) is 22.4 Å². The lowest BCUT2D eigenvalue weighted by atomic mass is 9.88. The highest BCUT2D eigenvalue weighted by molar-refractivity contribution is 5.81. The molecule has 4 heterocycles. The van der Waals surface area contributed by atoms with Crippen molar-refractivity contribution in [2.45, 2.75) is 87.0 Å². The maximum absolute atomic E-state index is 3.90. The molecule has 0 bridgehead atoms. The largest absolute Gasteiger partial charge is 1.00 e. The van der Waals surface area contributed by atoms with Crippen LogP contribution in [0.25, 0.3) is 12.2 Å². The van der Waals surface area contributed by atoms with E-state index in [4.69, 9.17) is 0 Å². The quantitative estimate of drug-likeness (QED) is 0.243. The molecule has 6 heteroatoms. The lowest BCUT2D eigenvalue weighted by molar-refractivity contribution is -0.381. The van der Waals surface area contributed by atoms with E-state index in [9.17, 15) is 0 Å². The highest BCUT2D eigenvalue weighted by Crippen LogP contribution is 2.38. The summed E-state index contributed by atoms with van der Waals surface area (Å²) in [6.45, 7) is 18.0. The molecule has 0 radical (unpaired) electrons. The first kappa shape index (κ1) is 34.5. The van der Waals surface area contributed by atoms with Crippen LogP contribution in [0.1, 0.15) is 110 Å². The van der Waals surface area contributed by atoms with E-state index < -0.39 is 0 Å². The lowest BCUT2D eigenvalue weighted by Crippen LogP contribution is -3.00. The zero-order valence-corrected chi connectivity index (χ0v) is 30.0. The van der Waals surface area contributed by atoms with E-state index in [2.05, 4.69) is 130 Å². The number of halogens is 2. The second kappa shape index (κ2) is 14.7. The summed E-state index contributed by atoms with van der Waals surface area (Å²) in [7, 11) is 0. The molecule has 228 valence electrons. The van der Waals surface area contributed by atoms with Crippen molar-refractivity contribution in [2.24, 2.45) is 0 Å². The number of nitrogens with one attached hydrogen (secondary N) is 4. The van der Waals surface area contributed by atoms with Gasteiger partial charge in [0.2, 0.25) is 11.4 Å². The number of aromatic amines is 2. The summed E-state index contributed by atoms with van der Waals surface area (Å²) in [6, 6.07) is 10.9. The third-order valence-corrected chi connectivity index (χ3v) is 9.27. The Balaban J connectivity index is 0.00000253. The van der Waals surface area contributed by atoms with Gasteiger partial charge in [0.25, 0.3) is 0 Å². The van der Waals surface area contributed by atoms with Crippen molar-refractivity contribution in [3.05, 3.63) is 115 Å². The average molecular weight is 707 g/mol. The fourth-order valence-electron chi connectivity index (χ4n) is 6.50. The van der Waals surface area contributed by atoms with Gasteiger partial charge in [-0.15, -0.1) is 0 Å². The van der Waals surface area contributed by atoms with Crippen LogP contribution in [0.4, 0.5) is 0 Å². The Hall–Kier alpha value is -2.96. The van der Waals surface area contributed by atoms with Gasteiger partial charge >= 0.3 is 0 Å². The van der Waals surface area contributed by atoms with Crippen LogP contribution in [0.15, 0.2) is 64.0 Å². The number of aromatic nitrogens is 2. The third kappa shape index (κ3) is 6.46. The third-order valence-electron chi connectivity index (χ3n) is 9.27. The number of hydrogen-bond acceptors (Lipinski definition) is 0. The Morgan fingerprint density at radius 1 is 0.605 bits per heavy atom. The molecule has 4 N–H and O–H groups in total. The van der Waals surface area contributed by atoms with Crippen molar-refractivity contribution in [3.63, 3.8) is 0 Å². The van der Waals surface area contributed by atoms with Crippen LogP contribution in [0.5, 0.6) is 0 Å². The van der Waals surface area contributed by atoms with Crippen molar-refractivity contribution >= 4 is 24.6 Å². The molecule has 0 saturated carbocycles. The second-order valence-electron chi connectivity index (χ2n) is 11.4. The molecule has 0 aliphatic carbocycles. The molecule has 4 nitrogen and oxygen atoms in total. The van der Waals surface area contributed by atoms with E-state index >= 15 is 0 Å². The first-order chi connectivity index (χ1) is 19.8. The summed E-state index contributed by atoms with van der Waals surface area (Å²) < 4.78 is 0. The van der Waals surface area contributed by atoms with Gasteiger partial charge in [0.15, 0.2) is 12.4 Å². The van der Waals surface area contributed by atoms with Gasteiger partial charge in [0, 0.05) is 57.2 Å². The molecule has 5 rings (SSSR count). The van der Waals surface area contributed by atoms with Gasteiger partial charge in [-0.1, -0.05) is 58.0 Å². The maximum Gasteiger partial charge on any atom is 0.209 e. The number of hydrogen-bond donors (Lipinski definition) is 4. The van der Waals surface area contributed by atoms with Gasteiger partial charge in [-0.05, 0) is 81.2 Å².